The standard InChI is InChI=1S/C12H20N2OS/c1-3-11(12-13-9(2)8-16-12)14-10-4-6-15-7-5-10/h8,10-11,14H,3-7H2,1-2H3. The lowest BCUT2D eigenvalue weighted by Gasteiger charge is -2.27. The molecule has 0 aliphatic carbocycles. The lowest BCUT2D eigenvalue weighted by atomic mass is 10.1. The van der Waals surface area contributed by atoms with Crippen molar-refractivity contribution < 1.29 is 4.74 Å². The molecule has 1 N–H and O–H groups in total. The number of hydrogen-bond acceptors (Lipinski definition) is 4. The minimum atomic E-state index is 0.418. The van der Waals surface area contributed by atoms with Crippen LogP contribution < -0.4 is 5.32 Å². The quantitative estimate of drug-likeness (QED) is 0.878. The monoisotopic (exact) mass is 240 g/mol. The van der Waals surface area contributed by atoms with Crippen LogP contribution in [0.2, 0.25) is 0 Å². The Morgan fingerprint density at radius 3 is 2.88 bits per heavy atom. The fourth-order valence-electron chi connectivity index (χ4n) is 2.04. The molecule has 2 heterocycles. The summed E-state index contributed by atoms with van der Waals surface area (Å²) in [6, 6.07) is 1.02. The normalized spacial score (nSPS) is 19.9. The van der Waals surface area contributed by atoms with Crippen LogP contribution in [0.25, 0.3) is 0 Å². The molecule has 1 atom stereocenters. The summed E-state index contributed by atoms with van der Waals surface area (Å²) >= 11 is 1.77. The highest BCUT2D eigenvalue weighted by Gasteiger charge is 2.19. The first-order chi connectivity index (χ1) is 7.79. The SMILES string of the molecule is CCC(NC1CCOCC1)c1nc(C)cs1. The highest BCUT2D eigenvalue weighted by molar-refractivity contribution is 7.09. The van der Waals surface area contributed by atoms with Gasteiger partial charge in [-0.05, 0) is 26.2 Å². The van der Waals surface area contributed by atoms with Gasteiger partial charge in [0.15, 0.2) is 0 Å². The summed E-state index contributed by atoms with van der Waals surface area (Å²) in [6.45, 7) is 6.06. The van der Waals surface area contributed by atoms with Crippen LogP contribution in [0, 0.1) is 6.92 Å². The van der Waals surface area contributed by atoms with Crippen LogP contribution in [0.3, 0.4) is 0 Å². The van der Waals surface area contributed by atoms with Crippen LogP contribution in [0.4, 0.5) is 0 Å². The average molecular weight is 240 g/mol. The second-order valence-electron chi connectivity index (χ2n) is 4.34. The molecular weight excluding hydrogens is 220 g/mol. The molecule has 2 rings (SSSR count). The van der Waals surface area contributed by atoms with E-state index in [1.807, 2.05) is 0 Å². The first-order valence-corrected chi connectivity index (χ1v) is 6.93. The number of nitrogens with one attached hydrogen (secondary N) is 1. The number of aryl methyl sites for hydroxylation is 1. The summed E-state index contributed by atoms with van der Waals surface area (Å²) in [5.41, 5.74) is 1.13. The maximum atomic E-state index is 5.37. The lowest BCUT2D eigenvalue weighted by Crippen LogP contribution is -2.37. The molecule has 0 bridgehead atoms. The Kier molecular flexibility index (Phi) is 4.32. The maximum absolute atomic E-state index is 5.37. The van der Waals surface area contributed by atoms with Crippen molar-refractivity contribution in [3.05, 3.63) is 16.1 Å². The molecule has 3 nitrogen and oxygen atoms in total. The van der Waals surface area contributed by atoms with Crippen molar-refractivity contribution in [2.24, 2.45) is 0 Å². The van der Waals surface area contributed by atoms with E-state index in [0.29, 0.717) is 12.1 Å². The molecule has 1 aliphatic rings. The van der Waals surface area contributed by atoms with Gasteiger partial charge in [-0.1, -0.05) is 6.92 Å². The summed E-state index contributed by atoms with van der Waals surface area (Å²) < 4.78 is 5.37. The van der Waals surface area contributed by atoms with Crippen molar-refractivity contribution in [3.63, 3.8) is 0 Å². The summed E-state index contributed by atoms with van der Waals surface area (Å²) in [5, 5.41) is 7.06. The third-order valence-electron chi connectivity index (χ3n) is 3.00. The van der Waals surface area contributed by atoms with Crippen LogP contribution >= 0.6 is 11.3 Å². The Morgan fingerprint density at radius 2 is 2.31 bits per heavy atom. The first-order valence-electron chi connectivity index (χ1n) is 6.05. The molecule has 0 spiro atoms. The van der Waals surface area contributed by atoms with Gasteiger partial charge in [0.1, 0.15) is 5.01 Å². The predicted molar refractivity (Wildman–Crippen MR) is 66.9 cm³/mol. The Balaban J connectivity index is 1.94. The van der Waals surface area contributed by atoms with Gasteiger partial charge in [-0.2, -0.15) is 0 Å². The molecule has 0 aromatic carbocycles. The van der Waals surface area contributed by atoms with Crippen LogP contribution in [0.15, 0.2) is 5.38 Å². The van der Waals surface area contributed by atoms with Crippen LogP contribution in [-0.4, -0.2) is 24.2 Å². The Hall–Kier alpha value is -0.450. The van der Waals surface area contributed by atoms with Gasteiger partial charge in [-0.25, -0.2) is 4.98 Å². The van der Waals surface area contributed by atoms with Gasteiger partial charge in [-0.15, -0.1) is 11.3 Å². The minimum Gasteiger partial charge on any atom is -0.381 e. The second kappa shape index (κ2) is 5.75. The number of aromatic nitrogens is 1. The zero-order chi connectivity index (χ0) is 11.4. The molecule has 1 aliphatic heterocycles. The predicted octanol–water partition coefficient (Wildman–Crippen LogP) is 2.67. The van der Waals surface area contributed by atoms with Gasteiger partial charge in [0.2, 0.25) is 0 Å². The maximum Gasteiger partial charge on any atom is 0.110 e. The fraction of sp³-hybridized carbons (Fsp3) is 0.750. The van der Waals surface area contributed by atoms with Crippen molar-refractivity contribution in [2.45, 2.75) is 45.2 Å². The van der Waals surface area contributed by atoms with Crippen molar-refractivity contribution in [1.82, 2.24) is 10.3 Å². The number of thiazole rings is 1. The van der Waals surface area contributed by atoms with Crippen molar-refractivity contribution in [2.75, 3.05) is 13.2 Å². The molecule has 1 unspecified atom stereocenters. The topological polar surface area (TPSA) is 34.1 Å². The fourth-order valence-corrected chi connectivity index (χ4v) is 2.98. The number of rotatable bonds is 4. The van der Waals surface area contributed by atoms with E-state index in [0.717, 1.165) is 38.2 Å². The lowest BCUT2D eigenvalue weighted by molar-refractivity contribution is 0.0746. The molecule has 0 saturated carbocycles. The molecule has 1 aromatic rings. The zero-order valence-electron chi connectivity index (χ0n) is 10.0. The van der Waals surface area contributed by atoms with Gasteiger partial charge < -0.3 is 10.1 Å². The minimum absolute atomic E-state index is 0.418. The summed E-state index contributed by atoms with van der Waals surface area (Å²) in [6.07, 6.45) is 3.35. The zero-order valence-corrected chi connectivity index (χ0v) is 10.8. The molecular formula is C12H20N2OS. The molecule has 0 amide bonds. The van der Waals surface area contributed by atoms with E-state index < -0.39 is 0 Å². The van der Waals surface area contributed by atoms with E-state index in [-0.39, 0.29) is 0 Å². The highest BCUT2D eigenvalue weighted by atomic mass is 32.1. The summed E-state index contributed by atoms with van der Waals surface area (Å²) in [7, 11) is 0. The van der Waals surface area contributed by atoms with Gasteiger partial charge in [-0.3, -0.25) is 0 Å². The van der Waals surface area contributed by atoms with Gasteiger partial charge in [0.25, 0.3) is 0 Å². The number of nitrogens with zero attached hydrogens (tertiary/aromatic N) is 1. The van der Waals surface area contributed by atoms with Crippen molar-refractivity contribution >= 4 is 11.3 Å². The molecule has 4 heteroatoms. The van der Waals surface area contributed by atoms with Crippen LogP contribution in [-0.2, 0) is 4.74 Å². The molecule has 1 fully saturated rings. The second-order valence-corrected chi connectivity index (χ2v) is 5.23. The van der Waals surface area contributed by atoms with Crippen LogP contribution in [0.1, 0.15) is 42.9 Å². The number of ether oxygens (including phenoxy) is 1. The molecule has 1 saturated heterocycles. The third kappa shape index (κ3) is 3.03. The van der Waals surface area contributed by atoms with Crippen molar-refractivity contribution in [1.29, 1.82) is 0 Å². The van der Waals surface area contributed by atoms with Gasteiger partial charge in [0.05, 0.1) is 6.04 Å². The van der Waals surface area contributed by atoms with Crippen molar-refractivity contribution in [3.8, 4) is 0 Å². The van der Waals surface area contributed by atoms with E-state index in [9.17, 15) is 0 Å². The van der Waals surface area contributed by atoms with E-state index in [1.54, 1.807) is 11.3 Å². The molecule has 0 radical (unpaired) electrons. The van der Waals surface area contributed by atoms with Gasteiger partial charge in [0, 0.05) is 30.3 Å². The number of hydrogen-bond donors (Lipinski definition) is 1. The largest absolute Gasteiger partial charge is 0.381 e. The molecule has 1 aromatic heterocycles. The van der Waals surface area contributed by atoms with E-state index in [4.69, 9.17) is 4.74 Å². The smallest absolute Gasteiger partial charge is 0.110 e. The van der Waals surface area contributed by atoms with E-state index >= 15 is 0 Å². The third-order valence-corrected chi connectivity index (χ3v) is 4.08. The van der Waals surface area contributed by atoms with E-state index in [2.05, 4.69) is 29.5 Å². The Bertz CT molecular complexity index is 321. The summed E-state index contributed by atoms with van der Waals surface area (Å²) in [4.78, 5) is 4.57. The average Bonchev–Trinajstić information content (AvgIpc) is 2.74. The molecule has 16 heavy (non-hydrogen) atoms. The van der Waals surface area contributed by atoms with E-state index in [1.165, 1.54) is 5.01 Å². The molecule has 90 valence electrons. The Labute approximate surface area is 101 Å². The Morgan fingerprint density at radius 1 is 1.56 bits per heavy atom. The van der Waals surface area contributed by atoms with Crippen LogP contribution in [0.5, 0.6) is 0 Å². The highest BCUT2D eigenvalue weighted by Crippen LogP contribution is 2.22. The first kappa shape index (κ1) is 12.0. The van der Waals surface area contributed by atoms with Gasteiger partial charge >= 0.3 is 0 Å². The summed E-state index contributed by atoms with van der Waals surface area (Å²) in [5.74, 6) is 0.